The van der Waals surface area contributed by atoms with Gasteiger partial charge in [0.25, 0.3) is 5.69 Å². The van der Waals surface area contributed by atoms with E-state index < -0.39 is 4.92 Å². The highest BCUT2D eigenvalue weighted by atomic mass is 16.6. The van der Waals surface area contributed by atoms with Gasteiger partial charge in [-0.25, -0.2) is 0 Å². The van der Waals surface area contributed by atoms with Gasteiger partial charge >= 0.3 is 0 Å². The number of hydrogen-bond acceptors (Lipinski definition) is 3. The van der Waals surface area contributed by atoms with E-state index in [-0.39, 0.29) is 5.69 Å². The molecule has 0 aliphatic rings. The fourth-order valence-electron chi connectivity index (χ4n) is 1.03. The number of nitrogens with zero attached hydrogens (tertiary/aromatic N) is 2. The van der Waals surface area contributed by atoms with Crippen molar-refractivity contribution in [1.29, 1.82) is 5.26 Å². The Labute approximate surface area is 81.2 Å². The third-order valence-electron chi connectivity index (χ3n) is 1.81. The van der Waals surface area contributed by atoms with Crippen LogP contribution in [0.3, 0.4) is 0 Å². The SMILES string of the molecule is C/C(=C\C#N)c1ccc([N+](=O)[O-])cc1. The Morgan fingerprint density at radius 3 is 2.50 bits per heavy atom. The molecule has 0 unspecified atom stereocenters. The Bertz CT molecular complexity index is 413. The summed E-state index contributed by atoms with van der Waals surface area (Å²) in [6.45, 7) is 1.78. The van der Waals surface area contributed by atoms with Crippen LogP contribution in [0.1, 0.15) is 12.5 Å². The van der Waals surface area contributed by atoms with Gasteiger partial charge in [0.1, 0.15) is 0 Å². The van der Waals surface area contributed by atoms with Crippen molar-refractivity contribution in [3.8, 4) is 6.07 Å². The number of benzene rings is 1. The van der Waals surface area contributed by atoms with Crippen LogP contribution in [-0.4, -0.2) is 4.92 Å². The average molecular weight is 188 g/mol. The maximum Gasteiger partial charge on any atom is 0.269 e. The molecule has 0 aliphatic heterocycles. The largest absolute Gasteiger partial charge is 0.269 e. The molecule has 1 aromatic rings. The minimum absolute atomic E-state index is 0.0542. The molecular weight excluding hydrogens is 180 g/mol. The Morgan fingerprint density at radius 2 is 2.07 bits per heavy atom. The Kier molecular flexibility index (Phi) is 2.97. The molecule has 0 radical (unpaired) electrons. The molecule has 4 nitrogen and oxygen atoms in total. The molecule has 70 valence electrons. The molecule has 0 amide bonds. The molecule has 0 aliphatic carbocycles. The predicted molar refractivity (Wildman–Crippen MR) is 52.4 cm³/mol. The van der Waals surface area contributed by atoms with E-state index in [2.05, 4.69) is 0 Å². The van der Waals surface area contributed by atoms with Gasteiger partial charge in [-0.1, -0.05) is 0 Å². The number of non-ortho nitro benzene ring substituents is 1. The summed E-state index contributed by atoms with van der Waals surface area (Å²) >= 11 is 0. The molecule has 0 N–H and O–H groups in total. The first kappa shape index (κ1) is 9.93. The minimum atomic E-state index is -0.451. The van der Waals surface area contributed by atoms with E-state index in [1.807, 2.05) is 6.07 Å². The van der Waals surface area contributed by atoms with E-state index >= 15 is 0 Å². The molecule has 4 heteroatoms. The van der Waals surface area contributed by atoms with Crippen LogP contribution in [0.5, 0.6) is 0 Å². The van der Waals surface area contributed by atoms with Crippen molar-refractivity contribution in [2.24, 2.45) is 0 Å². The van der Waals surface area contributed by atoms with E-state index in [0.29, 0.717) is 0 Å². The number of nitro benzene ring substituents is 1. The third-order valence-corrected chi connectivity index (χ3v) is 1.81. The number of hydrogen-bond donors (Lipinski definition) is 0. The molecule has 0 atom stereocenters. The maximum atomic E-state index is 10.3. The van der Waals surface area contributed by atoms with Gasteiger partial charge in [-0.3, -0.25) is 10.1 Å². The average Bonchev–Trinajstić information content (AvgIpc) is 2.18. The van der Waals surface area contributed by atoms with Crippen LogP contribution in [-0.2, 0) is 0 Å². The van der Waals surface area contributed by atoms with Gasteiger partial charge in [0, 0.05) is 18.2 Å². The van der Waals surface area contributed by atoms with Gasteiger partial charge < -0.3 is 0 Å². The first-order chi connectivity index (χ1) is 6.65. The minimum Gasteiger partial charge on any atom is -0.258 e. The zero-order valence-corrected chi connectivity index (χ0v) is 7.60. The van der Waals surface area contributed by atoms with Gasteiger partial charge in [0.15, 0.2) is 0 Å². The standard InChI is InChI=1S/C10H8N2O2/c1-8(6-7-11)9-2-4-10(5-3-9)12(13)14/h2-6H,1H3/b8-6+. The van der Waals surface area contributed by atoms with Crippen LogP contribution in [0.15, 0.2) is 30.3 Å². The highest BCUT2D eigenvalue weighted by Gasteiger charge is 2.03. The lowest BCUT2D eigenvalue weighted by atomic mass is 10.1. The lowest BCUT2D eigenvalue weighted by Gasteiger charge is -1.98. The zero-order valence-electron chi connectivity index (χ0n) is 7.60. The molecule has 0 saturated heterocycles. The predicted octanol–water partition coefficient (Wildman–Crippen LogP) is 2.52. The van der Waals surface area contributed by atoms with E-state index in [1.54, 1.807) is 19.1 Å². The number of rotatable bonds is 2. The molecule has 0 aromatic heterocycles. The van der Waals surface area contributed by atoms with Crippen molar-refractivity contribution in [3.63, 3.8) is 0 Å². The highest BCUT2D eigenvalue weighted by Crippen LogP contribution is 2.17. The zero-order chi connectivity index (χ0) is 10.6. The molecular formula is C10H8N2O2. The lowest BCUT2D eigenvalue weighted by molar-refractivity contribution is -0.384. The summed E-state index contributed by atoms with van der Waals surface area (Å²) in [6.07, 6.45) is 1.40. The van der Waals surface area contributed by atoms with Gasteiger partial charge in [0.05, 0.1) is 11.0 Å². The van der Waals surface area contributed by atoms with E-state index in [9.17, 15) is 10.1 Å². The molecule has 14 heavy (non-hydrogen) atoms. The van der Waals surface area contributed by atoms with Crippen LogP contribution in [0.25, 0.3) is 5.57 Å². The van der Waals surface area contributed by atoms with Crippen LogP contribution >= 0.6 is 0 Å². The number of nitro groups is 1. The molecule has 0 saturated carbocycles. The van der Waals surface area contributed by atoms with Crippen LogP contribution in [0, 0.1) is 21.4 Å². The van der Waals surface area contributed by atoms with Crippen molar-refractivity contribution in [2.45, 2.75) is 6.92 Å². The fourth-order valence-corrected chi connectivity index (χ4v) is 1.03. The van der Waals surface area contributed by atoms with Gasteiger partial charge in [-0.15, -0.1) is 0 Å². The second-order valence-corrected chi connectivity index (χ2v) is 2.76. The monoisotopic (exact) mass is 188 g/mol. The summed E-state index contributed by atoms with van der Waals surface area (Å²) in [5, 5.41) is 18.8. The summed E-state index contributed by atoms with van der Waals surface area (Å²) < 4.78 is 0. The second-order valence-electron chi connectivity index (χ2n) is 2.76. The molecule has 1 rings (SSSR count). The maximum absolute atomic E-state index is 10.3. The van der Waals surface area contributed by atoms with E-state index in [0.717, 1.165) is 11.1 Å². The van der Waals surface area contributed by atoms with Gasteiger partial charge in [-0.05, 0) is 30.2 Å². The molecule has 1 aromatic carbocycles. The first-order valence-corrected chi connectivity index (χ1v) is 3.96. The molecule has 0 heterocycles. The first-order valence-electron chi connectivity index (χ1n) is 3.96. The molecule has 0 spiro atoms. The second kappa shape index (κ2) is 4.19. The summed E-state index contributed by atoms with van der Waals surface area (Å²) in [4.78, 5) is 9.90. The van der Waals surface area contributed by atoms with Crippen molar-refractivity contribution < 1.29 is 4.92 Å². The molecule has 0 fully saturated rings. The van der Waals surface area contributed by atoms with Gasteiger partial charge in [-0.2, -0.15) is 5.26 Å². The van der Waals surface area contributed by atoms with Gasteiger partial charge in [0.2, 0.25) is 0 Å². The smallest absolute Gasteiger partial charge is 0.258 e. The normalized spacial score (nSPS) is 10.7. The summed E-state index contributed by atoms with van der Waals surface area (Å²) in [6, 6.07) is 8.00. The van der Waals surface area contributed by atoms with Crippen molar-refractivity contribution >= 4 is 11.3 Å². The summed E-state index contributed by atoms with van der Waals surface area (Å²) in [5.41, 5.74) is 1.66. The van der Waals surface area contributed by atoms with Crippen molar-refractivity contribution in [2.75, 3.05) is 0 Å². The highest BCUT2D eigenvalue weighted by molar-refractivity contribution is 5.66. The number of nitriles is 1. The van der Waals surface area contributed by atoms with Crippen molar-refractivity contribution in [3.05, 3.63) is 46.0 Å². The number of allylic oxidation sites excluding steroid dienone is 2. The summed E-state index contributed by atoms with van der Waals surface area (Å²) in [5.74, 6) is 0. The van der Waals surface area contributed by atoms with Crippen molar-refractivity contribution in [1.82, 2.24) is 0 Å². The van der Waals surface area contributed by atoms with E-state index in [4.69, 9.17) is 5.26 Å². The Balaban J connectivity index is 3.01. The summed E-state index contributed by atoms with van der Waals surface area (Å²) in [7, 11) is 0. The quantitative estimate of drug-likeness (QED) is 0.407. The molecule has 0 bridgehead atoms. The fraction of sp³-hybridized carbons (Fsp3) is 0.100. The third kappa shape index (κ3) is 2.17. The Hall–Kier alpha value is -2.15. The Morgan fingerprint density at radius 1 is 1.50 bits per heavy atom. The topological polar surface area (TPSA) is 66.9 Å². The van der Waals surface area contributed by atoms with E-state index in [1.165, 1.54) is 18.2 Å². The lowest BCUT2D eigenvalue weighted by Crippen LogP contribution is -1.87. The van der Waals surface area contributed by atoms with Crippen LogP contribution < -0.4 is 0 Å². The van der Waals surface area contributed by atoms with Crippen LogP contribution in [0.2, 0.25) is 0 Å². The van der Waals surface area contributed by atoms with Crippen LogP contribution in [0.4, 0.5) is 5.69 Å².